The molecule has 0 saturated heterocycles. The van der Waals surface area contributed by atoms with E-state index in [1.54, 1.807) is 18.2 Å². The van der Waals surface area contributed by atoms with Crippen LogP contribution in [0.3, 0.4) is 0 Å². The summed E-state index contributed by atoms with van der Waals surface area (Å²) in [5.74, 6) is 1.26. The van der Waals surface area contributed by atoms with Gasteiger partial charge in [-0.2, -0.15) is 0 Å². The maximum absolute atomic E-state index is 11.9. The van der Waals surface area contributed by atoms with Gasteiger partial charge < -0.3 is 20.5 Å². The lowest BCUT2D eigenvalue weighted by Gasteiger charge is -2.06. The van der Waals surface area contributed by atoms with E-state index in [1.165, 1.54) is 0 Å². The molecule has 104 valence electrons. The van der Waals surface area contributed by atoms with Crippen LogP contribution >= 0.6 is 0 Å². The lowest BCUT2D eigenvalue weighted by Crippen LogP contribution is -2.24. The Morgan fingerprint density at radius 1 is 1.16 bits per heavy atom. The third kappa shape index (κ3) is 3.86. The molecule has 0 fully saturated rings. The molecule has 0 aliphatic carbocycles. The standard InChI is InChI=1S/C14H20N2O3/c15-7-3-1-2-4-8-16-14(17)11-5-6-12-13(9-11)19-10-18-12/h5-6,9H,1-4,7-8,10,15H2,(H,16,17). The molecule has 1 aliphatic heterocycles. The zero-order valence-electron chi connectivity index (χ0n) is 11.0. The maximum atomic E-state index is 11.9. The number of fused-ring (bicyclic) bond motifs is 1. The highest BCUT2D eigenvalue weighted by Gasteiger charge is 2.15. The highest BCUT2D eigenvalue weighted by Crippen LogP contribution is 2.32. The number of hydrogen-bond donors (Lipinski definition) is 2. The molecule has 0 atom stereocenters. The molecule has 19 heavy (non-hydrogen) atoms. The van der Waals surface area contributed by atoms with Crippen LogP contribution in [0.4, 0.5) is 0 Å². The SMILES string of the molecule is NCCCCCCNC(=O)c1ccc2c(c1)OCO2. The van der Waals surface area contributed by atoms with Crippen LogP contribution in [0.1, 0.15) is 36.0 Å². The highest BCUT2D eigenvalue weighted by molar-refractivity contribution is 5.94. The number of carbonyl (C=O) groups is 1. The van der Waals surface area contributed by atoms with Crippen LogP contribution in [0.15, 0.2) is 18.2 Å². The Balaban J connectivity index is 1.74. The maximum Gasteiger partial charge on any atom is 0.251 e. The Labute approximate surface area is 113 Å². The number of unbranched alkanes of at least 4 members (excludes halogenated alkanes) is 3. The van der Waals surface area contributed by atoms with Gasteiger partial charge in [-0.1, -0.05) is 12.8 Å². The molecule has 0 saturated carbocycles. The number of benzene rings is 1. The Kier molecular flexibility index (Phi) is 5.03. The van der Waals surface area contributed by atoms with Crippen molar-refractivity contribution in [2.75, 3.05) is 19.9 Å². The van der Waals surface area contributed by atoms with Crippen LogP contribution in [0, 0.1) is 0 Å². The number of hydrogen-bond acceptors (Lipinski definition) is 4. The molecule has 1 aromatic rings. The van der Waals surface area contributed by atoms with Crippen LogP contribution < -0.4 is 20.5 Å². The number of ether oxygens (including phenoxy) is 2. The first-order valence-electron chi connectivity index (χ1n) is 6.69. The zero-order valence-corrected chi connectivity index (χ0v) is 11.0. The molecule has 1 amide bonds. The summed E-state index contributed by atoms with van der Waals surface area (Å²) in [7, 11) is 0. The predicted octanol–water partition coefficient (Wildman–Crippen LogP) is 1.66. The van der Waals surface area contributed by atoms with Gasteiger partial charge in [0.05, 0.1) is 0 Å². The summed E-state index contributed by atoms with van der Waals surface area (Å²) in [6.07, 6.45) is 4.25. The largest absolute Gasteiger partial charge is 0.454 e. The van der Waals surface area contributed by atoms with Gasteiger partial charge in [-0.3, -0.25) is 4.79 Å². The van der Waals surface area contributed by atoms with E-state index in [0.717, 1.165) is 32.2 Å². The van der Waals surface area contributed by atoms with Gasteiger partial charge in [0.25, 0.3) is 5.91 Å². The second kappa shape index (κ2) is 6.99. The topological polar surface area (TPSA) is 73.6 Å². The van der Waals surface area contributed by atoms with E-state index in [-0.39, 0.29) is 12.7 Å². The van der Waals surface area contributed by atoms with Crippen LogP contribution in [-0.2, 0) is 0 Å². The fourth-order valence-electron chi connectivity index (χ4n) is 1.96. The second-order valence-electron chi connectivity index (χ2n) is 4.53. The van der Waals surface area contributed by atoms with Gasteiger partial charge in [0, 0.05) is 12.1 Å². The van der Waals surface area contributed by atoms with E-state index >= 15 is 0 Å². The highest BCUT2D eigenvalue weighted by atomic mass is 16.7. The van der Waals surface area contributed by atoms with E-state index in [2.05, 4.69) is 5.32 Å². The van der Waals surface area contributed by atoms with Crippen molar-refractivity contribution in [3.63, 3.8) is 0 Å². The lowest BCUT2D eigenvalue weighted by atomic mass is 10.1. The average Bonchev–Trinajstić information content (AvgIpc) is 2.89. The molecule has 1 aromatic carbocycles. The van der Waals surface area contributed by atoms with Crippen molar-refractivity contribution in [2.24, 2.45) is 5.73 Å². The quantitative estimate of drug-likeness (QED) is 0.735. The molecule has 1 heterocycles. The molecule has 2 rings (SSSR count). The molecule has 0 bridgehead atoms. The van der Waals surface area contributed by atoms with Crippen LogP contribution in [0.5, 0.6) is 11.5 Å². The first-order chi connectivity index (χ1) is 9.31. The Morgan fingerprint density at radius 2 is 1.95 bits per heavy atom. The van der Waals surface area contributed by atoms with Crippen LogP contribution in [0.2, 0.25) is 0 Å². The molecular weight excluding hydrogens is 244 g/mol. The minimum Gasteiger partial charge on any atom is -0.454 e. The first-order valence-corrected chi connectivity index (χ1v) is 6.69. The summed E-state index contributed by atoms with van der Waals surface area (Å²) in [6, 6.07) is 5.22. The molecule has 0 unspecified atom stereocenters. The number of nitrogens with two attached hydrogens (primary N) is 1. The van der Waals surface area contributed by atoms with Gasteiger partial charge in [0.15, 0.2) is 11.5 Å². The Hall–Kier alpha value is -1.75. The van der Waals surface area contributed by atoms with Crippen molar-refractivity contribution in [3.8, 4) is 11.5 Å². The average molecular weight is 264 g/mol. The zero-order chi connectivity index (χ0) is 13.5. The normalized spacial score (nSPS) is 12.5. The van der Waals surface area contributed by atoms with E-state index in [9.17, 15) is 4.79 Å². The van der Waals surface area contributed by atoms with Gasteiger partial charge in [-0.25, -0.2) is 0 Å². The van der Waals surface area contributed by atoms with Gasteiger partial charge in [-0.15, -0.1) is 0 Å². The summed E-state index contributed by atoms with van der Waals surface area (Å²) >= 11 is 0. The first kappa shape index (κ1) is 13.7. The van der Waals surface area contributed by atoms with E-state index < -0.39 is 0 Å². The fraction of sp³-hybridized carbons (Fsp3) is 0.500. The third-order valence-electron chi connectivity index (χ3n) is 3.05. The smallest absolute Gasteiger partial charge is 0.251 e. The summed E-state index contributed by atoms with van der Waals surface area (Å²) in [5, 5.41) is 2.90. The van der Waals surface area contributed by atoms with Crippen molar-refractivity contribution < 1.29 is 14.3 Å². The summed E-state index contributed by atoms with van der Waals surface area (Å²) < 4.78 is 10.5. The minimum absolute atomic E-state index is 0.0721. The van der Waals surface area contributed by atoms with Crippen molar-refractivity contribution in [1.82, 2.24) is 5.32 Å². The molecule has 0 radical (unpaired) electrons. The number of nitrogens with one attached hydrogen (secondary N) is 1. The third-order valence-corrected chi connectivity index (χ3v) is 3.05. The monoisotopic (exact) mass is 264 g/mol. The summed E-state index contributed by atoms with van der Waals surface area (Å²) in [5.41, 5.74) is 6.02. The number of amides is 1. The molecule has 0 aromatic heterocycles. The predicted molar refractivity (Wildman–Crippen MR) is 72.4 cm³/mol. The van der Waals surface area contributed by atoms with Gasteiger partial charge in [0.1, 0.15) is 0 Å². The van der Waals surface area contributed by atoms with Gasteiger partial charge in [-0.05, 0) is 37.6 Å². The molecule has 0 spiro atoms. The number of carbonyl (C=O) groups excluding carboxylic acids is 1. The van der Waals surface area contributed by atoms with Crippen LogP contribution in [-0.4, -0.2) is 25.8 Å². The van der Waals surface area contributed by atoms with Crippen molar-refractivity contribution in [2.45, 2.75) is 25.7 Å². The molecule has 1 aliphatic rings. The molecule has 5 nitrogen and oxygen atoms in total. The lowest BCUT2D eigenvalue weighted by molar-refractivity contribution is 0.0952. The van der Waals surface area contributed by atoms with Crippen molar-refractivity contribution >= 4 is 5.91 Å². The van der Waals surface area contributed by atoms with E-state index in [1.807, 2.05) is 0 Å². The van der Waals surface area contributed by atoms with Gasteiger partial charge in [0.2, 0.25) is 6.79 Å². The molecule has 3 N–H and O–H groups in total. The Bertz CT molecular complexity index is 435. The summed E-state index contributed by atoms with van der Waals surface area (Å²) in [4.78, 5) is 11.9. The van der Waals surface area contributed by atoms with E-state index in [4.69, 9.17) is 15.2 Å². The van der Waals surface area contributed by atoms with E-state index in [0.29, 0.717) is 23.6 Å². The molecule has 5 heteroatoms. The molecular formula is C14H20N2O3. The summed E-state index contributed by atoms with van der Waals surface area (Å²) in [6.45, 7) is 1.66. The number of rotatable bonds is 7. The Morgan fingerprint density at radius 3 is 2.79 bits per heavy atom. The minimum atomic E-state index is -0.0721. The van der Waals surface area contributed by atoms with Crippen molar-refractivity contribution in [3.05, 3.63) is 23.8 Å². The van der Waals surface area contributed by atoms with Gasteiger partial charge >= 0.3 is 0 Å². The van der Waals surface area contributed by atoms with Crippen molar-refractivity contribution in [1.29, 1.82) is 0 Å². The second-order valence-corrected chi connectivity index (χ2v) is 4.53. The fourth-order valence-corrected chi connectivity index (χ4v) is 1.96. The van der Waals surface area contributed by atoms with Crippen LogP contribution in [0.25, 0.3) is 0 Å².